The molecule has 0 aromatic carbocycles. The van der Waals surface area contributed by atoms with Crippen molar-refractivity contribution in [2.75, 3.05) is 59.0 Å². The zero-order chi connectivity index (χ0) is 14.5. The van der Waals surface area contributed by atoms with Crippen LogP contribution in [0.15, 0.2) is 0 Å². The minimum atomic E-state index is -0.467. The van der Waals surface area contributed by atoms with Crippen LogP contribution in [0, 0.1) is 0 Å². The second-order valence-corrected chi connectivity index (χ2v) is 5.38. The number of carbonyl (C=O) groups excluding carboxylic acids is 2. The molecule has 0 radical (unpaired) electrons. The highest BCUT2D eigenvalue weighted by molar-refractivity contribution is 5.85. The molecule has 0 bridgehead atoms. The van der Waals surface area contributed by atoms with Crippen LogP contribution in [0.3, 0.4) is 0 Å². The Labute approximate surface area is 131 Å². The van der Waals surface area contributed by atoms with E-state index in [1.807, 2.05) is 4.90 Å². The van der Waals surface area contributed by atoms with Gasteiger partial charge in [0.25, 0.3) is 0 Å². The lowest BCUT2D eigenvalue weighted by molar-refractivity contribution is -0.141. The molecule has 1 atom stereocenters. The summed E-state index contributed by atoms with van der Waals surface area (Å²) < 4.78 is 5.27. The summed E-state index contributed by atoms with van der Waals surface area (Å²) in [6.07, 6.45) is 0. The Balaban J connectivity index is 0.00000220. The van der Waals surface area contributed by atoms with Crippen LogP contribution in [0.5, 0.6) is 0 Å². The molecule has 2 amide bonds. The summed E-state index contributed by atoms with van der Waals surface area (Å²) in [4.78, 5) is 29.6. The molecule has 2 heterocycles. The SMILES string of the molecule is CC(N)C(=O)N1CCN(C(=O)CN2CCOCC2)CC1.Cl. The first-order valence-corrected chi connectivity index (χ1v) is 7.20. The lowest BCUT2D eigenvalue weighted by Gasteiger charge is -2.36. The van der Waals surface area contributed by atoms with Crippen molar-refractivity contribution < 1.29 is 14.3 Å². The number of nitrogens with zero attached hydrogens (tertiary/aromatic N) is 3. The molecule has 2 rings (SSSR count). The zero-order valence-corrected chi connectivity index (χ0v) is 13.3. The zero-order valence-electron chi connectivity index (χ0n) is 12.5. The Morgan fingerprint density at radius 3 is 2.10 bits per heavy atom. The van der Waals surface area contributed by atoms with E-state index in [4.69, 9.17) is 10.5 Å². The lowest BCUT2D eigenvalue weighted by Crippen LogP contribution is -2.55. The van der Waals surface area contributed by atoms with Crippen molar-refractivity contribution in [3.05, 3.63) is 0 Å². The first kappa shape index (κ1) is 18.2. The fourth-order valence-electron chi connectivity index (χ4n) is 2.51. The van der Waals surface area contributed by atoms with Crippen LogP contribution in [0.2, 0.25) is 0 Å². The maximum Gasteiger partial charge on any atom is 0.239 e. The molecule has 0 aliphatic carbocycles. The van der Waals surface area contributed by atoms with Gasteiger partial charge in [0.2, 0.25) is 11.8 Å². The van der Waals surface area contributed by atoms with Crippen LogP contribution in [0.1, 0.15) is 6.92 Å². The van der Waals surface area contributed by atoms with Crippen molar-refractivity contribution in [1.82, 2.24) is 14.7 Å². The maximum absolute atomic E-state index is 12.2. The van der Waals surface area contributed by atoms with Gasteiger partial charge in [-0.25, -0.2) is 0 Å². The van der Waals surface area contributed by atoms with E-state index in [2.05, 4.69) is 4.90 Å². The number of piperazine rings is 1. The largest absolute Gasteiger partial charge is 0.379 e. The van der Waals surface area contributed by atoms with E-state index in [0.29, 0.717) is 45.9 Å². The van der Waals surface area contributed by atoms with Gasteiger partial charge in [0.1, 0.15) is 0 Å². The predicted molar refractivity (Wildman–Crippen MR) is 81.3 cm³/mol. The van der Waals surface area contributed by atoms with Gasteiger partial charge in [0, 0.05) is 39.3 Å². The van der Waals surface area contributed by atoms with Crippen LogP contribution in [0.4, 0.5) is 0 Å². The summed E-state index contributed by atoms with van der Waals surface area (Å²) >= 11 is 0. The number of nitrogens with two attached hydrogens (primary N) is 1. The lowest BCUT2D eigenvalue weighted by atomic mass is 10.2. The predicted octanol–water partition coefficient (Wildman–Crippen LogP) is -1.24. The highest BCUT2D eigenvalue weighted by Crippen LogP contribution is 2.05. The van der Waals surface area contributed by atoms with Gasteiger partial charge in [-0.05, 0) is 6.92 Å². The summed E-state index contributed by atoms with van der Waals surface area (Å²) in [5, 5.41) is 0. The van der Waals surface area contributed by atoms with Crippen LogP contribution in [-0.2, 0) is 14.3 Å². The molecule has 2 saturated heterocycles. The van der Waals surface area contributed by atoms with E-state index in [1.54, 1.807) is 11.8 Å². The van der Waals surface area contributed by atoms with E-state index in [-0.39, 0.29) is 24.2 Å². The number of carbonyl (C=O) groups is 2. The average molecular weight is 321 g/mol. The number of ether oxygens (including phenoxy) is 1. The Hall–Kier alpha value is -0.890. The molecule has 21 heavy (non-hydrogen) atoms. The fraction of sp³-hybridized carbons (Fsp3) is 0.846. The third kappa shape index (κ3) is 5.10. The standard InChI is InChI=1S/C13H24N4O3.ClH/c1-11(14)13(19)17-4-2-16(3-5-17)12(18)10-15-6-8-20-9-7-15;/h11H,2-10,14H2,1H3;1H. The molecule has 2 aliphatic rings. The summed E-state index contributed by atoms with van der Waals surface area (Å²) in [5.41, 5.74) is 5.59. The third-order valence-electron chi connectivity index (χ3n) is 3.80. The Morgan fingerprint density at radius 2 is 1.57 bits per heavy atom. The van der Waals surface area contributed by atoms with Crippen molar-refractivity contribution in [3.63, 3.8) is 0 Å². The van der Waals surface area contributed by atoms with Crippen molar-refractivity contribution in [3.8, 4) is 0 Å². The van der Waals surface area contributed by atoms with E-state index in [1.165, 1.54) is 0 Å². The molecule has 2 aliphatic heterocycles. The molecule has 0 saturated carbocycles. The first-order chi connectivity index (χ1) is 9.58. The van der Waals surface area contributed by atoms with E-state index < -0.39 is 6.04 Å². The monoisotopic (exact) mass is 320 g/mol. The number of amides is 2. The molecule has 7 nitrogen and oxygen atoms in total. The Kier molecular flexibility index (Phi) is 7.37. The molecule has 1 unspecified atom stereocenters. The number of halogens is 1. The summed E-state index contributed by atoms with van der Waals surface area (Å²) in [5.74, 6) is 0.102. The minimum absolute atomic E-state index is 0. The normalized spacial score (nSPS) is 21.6. The molecular formula is C13H25ClN4O3. The molecule has 2 fully saturated rings. The smallest absolute Gasteiger partial charge is 0.239 e. The molecule has 0 aromatic rings. The van der Waals surface area contributed by atoms with Gasteiger partial charge in [0.05, 0.1) is 25.8 Å². The van der Waals surface area contributed by atoms with Gasteiger partial charge >= 0.3 is 0 Å². The van der Waals surface area contributed by atoms with Crippen LogP contribution < -0.4 is 5.73 Å². The van der Waals surface area contributed by atoms with Gasteiger partial charge in [-0.2, -0.15) is 0 Å². The van der Waals surface area contributed by atoms with Crippen molar-refractivity contribution in [1.29, 1.82) is 0 Å². The van der Waals surface area contributed by atoms with Crippen LogP contribution in [-0.4, -0.2) is 91.6 Å². The first-order valence-electron chi connectivity index (χ1n) is 7.20. The summed E-state index contributed by atoms with van der Waals surface area (Å²) in [6, 6.07) is -0.467. The van der Waals surface area contributed by atoms with Gasteiger partial charge in [0.15, 0.2) is 0 Å². The van der Waals surface area contributed by atoms with Crippen molar-refractivity contribution in [2.45, 2.75) is 13.0 Å². The quantitative estimate of drug-likeness (QED) is 0.703. The minimum Gasteiger partial charge on any atom is -0.379 e. The van der Waals surface area contributed by atoms with Crippen molar-refractivity contribution in [2.24, 2.45) is 5.73 Å². The molecule has 2 N–H and O–H groups in total. The Morgan fingerprint density at radius 1 is 1.05 bits per heavy atom. The second-order valence-electron chi connectivity index (χ2n) is 5.38. The van der Waals surface area contributed by atoms with Gasteiger partial charge in [-0.3, -0.25) is 14.5 Å². The summed E-state index contributed by atoms with van der Waals surface area (Å²) in [7, 11) is 0. The molecule has 122 valence electrons. The van der Waals surface area contributed by atoms with Gasteiger partial charge in [-0.15, -0.1) is 12.4 Å². The summed E-state index contributed by atoms with van der Waals surface area (Å²) in [6.45, 7) is 7.52. The fourth-order valence-corrected chi connectivity index (χ4v) is 2.51. The Bertz CT molecular complexity index is 353. The topological polar surface area (TPSA) is 79.1 Å². The molecular weight excluding hydrogens is 296 g/mol. The number of hydrogen-bond acceptors (Lipinski definition) is 5. The van der Waals surface area contributed by atoms with Gasteiger partial charge < -0.3 is 20.3 Å². The highest BCUT2D eigenvalue weighted by atomic mass is 35.5. The molecule has 8 heteroatoms. The molecule has 0 spiro atoms. The number of rotatable bonds is 3. The average Bonchev–Trinajstić information content (AvgIpc) is 2.47. The van der Waals surface area contributed by atoms with Crippen LogP contribution >= 0.6 is 12.4 Å². The third-order valence-corrected chi connectivity index (χ3v) is 3.80. The van der Waals surface area contributed by atoms with E-state index >= 15 is 0 Å². The van der Waals surface area contributed by atoms with E-state index in [9.17, 15) is 9.59 Å². The van der Waals surface area contributed by atoms with Crippen LogP contribution in [0.25, 0.3) is 0 Å². The molecule has 0 aromatic heterocycles. The van der Waals surface area contributed by atoms with E-state index in [0.717, 1.165) is 13.1 Å². The maximum atomic E-state index is 12.2. The van der Waals surface area contributed by atoms with Gasteiger partial charge in [-0.1, -0.05) is 0 Å². The second kappa shape index (κ2) is 8.53. The number of morpholine rings is 1. The van der Waals surface area contributed by atoms with Crippen molar-refractivity contribution >= 4 is 24.2 Å². The number of hydrogen-bond donors (Lipinski definition) is 1. The highest BCUT2D eigenvalue weighted by Gasteiger charge is 2.26.